The van der Waals surface area contributed by atoms with Crippen molar-refractivity contribution in [1.29, 1.82) is 0 Å². The van der Waals surface area contributed by atoms with Crippen molar-refractivity contribution in [2.75, 3.05) is 0 Å². The number of rotatable bonds is 2. The summed E-state index contributed by atoms with van der Waals surface area (Å²) in [5, 5.41) is 9.70. The van der Waals surface area contributed by atoms with E-state index in [9.17, 15) is 0 Å². The van der Waals surface area contributed by atoms with Gasteiger partial charge < -0.3 is 0 Å². The number of hydrogen-bond donors (Lipinski definition) is 0. The first-order valence-corrected chi connectivity index (χ1v) is 13.3. The van der Waals surface area contributed by atoms with Gasteiger partial charge in [-0.25, -0.2) is 0 Å². The molecule has 4 heteroatoms. The summed E-state index contributed by atoms with van der Waals surface area (Å²) < 4.78 is 0. The molecule has 0 amide bonds. The van der Waals surface area contributed by atoms with E-state index in [1.807, 2.05) is 36.7 Å². The van der Waals surface area contributed by atoms with Crippen molar-refractivity contribution in [3.63, 3.8) is 0 Å². The molecule has 37 heavy (non-hydrogen) atoms. The highest BCUT2D eigenvalue weighted by Crippen LogP contribution is 2.74. The summed E-state index contributed by atoms with van der Waals surface area (Å²) in [6.45, 7) is 0. The summed E-state index contributed by atoms with van der Waals surface area (Å²) in [6.07, 6.45) is 4.88. The van der Waals surface area contributed by atoms with Crippen LogP contribution in [-0.4, -0.2) is 20.2 Å². The molecule has 2 aromatic carbocycles. The van der Waals surface area contributed by atoms with E-state index in [2.05, 4.69) is 60.7 Å². The predicted octanol–water partition coefficient (Wildman–Crippen LogP) is 6.71. The second-order valence-electron chi connectivity index (χ2n) is 11.0. The molecular weight excluding hydrogens is 452 g/mol. The first kappa shape index (κ1) is 19.9. The number of aromatic nitrogens is 4. The van der Waals surface area contributed by atoms with Gasteiger partial charge in [-0.3, -0.25) is 9.97 Å². The van der Waals surface area contributed by atoms with Crippen LogP contribution >= 0.6 is 0 Å². The number of hydrogen-bond acceptors (Lipinski definition) is 4. The van der Waals surface area contributed by atoms with Gasteiger partial charge in [0.15, 0.2) is 0 Å². The van der Waals surface area contributed by atoms with E-state index >= 15 is 0 Å². The van der Waals surface area contributed by atoms with Crippen LogP contribution in [0.3, 0.4) is 0 Å². The van der Waals surface area contributed by atoms with Gasteiger partial charge in [0, 0.05) is 24.2 Å². The Morgan fingerprint density at radius 2 is 0.892 bits per heavy atom. The van der Waals surface area contributed by atoms with Gasteiger partial charge in [0.25, 0.3) is 0 Å². The minimum Gasteiger partial charge on any atom is -0.255 e. The Bertz CT molecular complexity index is 1520. The zero-order chi connectivity index (χ0) is 24.1. The van der Waals surface area contributed by atoms with Crippen LogP contribution in [0.25, 0.3) is 22.8 Å². The molecule has 3 aromatic heterocycles. The minimum absolute atomic E-state index is 0.425. The maximum atomic E-state index is 4.85. The molecule has 4 nitrogen and oxygen atoms in total. The molecule has 3 heterocycles. The van der Waals surface area contributed by atoms with Gasteiger partial charge in [0.2, 0.25) is 0 Å². The average Bonchev–Trinajstić information content (AvgIpc) is 3.56. The van der Waals surface area contributed by atoms with Crippen LogP contribution in [0.1, 0.15) is 63.5 Å². The van der Waals surface area contributed by atoms with Crippen molar-refractivity contribution in [1.82, 2.24) is 20.2 Å². The van der Waals surface area contributed by atoms with Crippen LogP contribution in [0.2, 0.25) is 0 Å². The number of fused-ring (bicyclic) bond motifs is 5. The highest BCUT2D eigenvalue weighted by Gasteiger charge is 2.63. The zero-order valence-corrected chi connectivity index (χ0v) is 20.2. The Balaban J connectivity index is 1.32. The molecule has 4 atom stereocenters. The summed E-state index contributed by atoms with van der Waals surface area (Å²) in [6, 6.07) is 30.6. The maximum absolute atomic E-state index is 4.85. The average molecular weight is 477 g/mol. The van der Waals surface area contributed by atoms with Gasteiger partial charge in [-0.2, -0.15) is 0 Å². The lowest BCUT2D eigenvalue weighted by atomic mass is 9.50. The van der Waals surface area contributed by atoms with Crippen molar-refractivity contribution in [3.05, 3.63) is 131 Å². The number of pyridine rings is 2. The maximum Gasteiger partial charge on any atom is 0.115 e. The van der Waals surface area contributed by atoms with E-state index in [1.165, 1.54) is 33.4 Å². The summed E-state index contributed by atoms with van der Waals surface area (Å²) in [4.78, 5) is 9.44. The minimum atomic E-state index is 0.425. The van der Waals surface area contributed by atoms with Gasteiger partial charge in [-0.05, 0) is 87.7 Å². The van der Waals surface area contributed by atoms with Gasteiger partial charge in [-0.1, -0.05) is 60.7 Å². The molecule has 0 aliphatic heterocycles. The first-order chi connectivity index (χ1) is 18.4. The standard InChI is InChI=1S/C33H24N4/c1-2-10-19-18(9-1)26-20-11-3-4-12-21(20)27(19)29-23-17-22(28(26)29)30-31(23)33(25-14-6-8-16-35-25)37-36-32(30)24-13-5-7-15-34-24/h1-16,22-23,26-29H,17H2/t22-,23+,26?,27?,28-,29+. The number of nitrogens with zero attached hydrogens (tertiary/aromatic N) is 4. The van der Waals surface area contributed by atoms with Gasteiger partial charge in [0.1, 0.15) is 11.4 Å². The summed E-state index contributed by atoms with van der Waals surface area (Å²) in [5.74, 6) is 2.86. The van der Waals surface area contributed by atoms with E-state index in [0.29, 0.717) is 35.5 Å². The first-order valence-electron chi connectivity index (χ1n) is 13.3. The number of benzene rings is 2. The molecule has 5 aromatic rings. The fraction of sp³-hybridized carbons (Fsp3) is 0.212. The highest BCUT2D eigenvalue weighted by molar-refractivity contribution is 5.74. The Kier molecular flexibility index (Phi) is 3.88. The van der Waals surface area contributed by atoms with Crippen LogP contribution < -0.4 is 0 Å². The molecule has 176 valence electrons. The lowest BCUT2D eigenvalue weighted by molar-refractivity contribution is 0.226. The summed E-state index contributed by atoms with van der Waals surface area (Å²) in [7, 11) is 0. The van der Waals surface area contributed by atoms with E-state index in [-0.39, 0.29) is 0 Å². The van der Waals surface area contributed by atoms with Gasteiger partial charge >= 0.3 is 0 Å². The molecule has 0 spiro atoms. The fourth-order valence-corrected chi connectivity index (χ4v) is 8.57. The summed E-state index contributed by atoms with van der Waals surface area (Å²) in [5.41, 5.74) is 12.7. The Morgan fingerprint density at radius 3 is 1.27 bits per heavy atom. The van der Waals surface area contributed by atoms with Crippen LogP contribution in [-0.2, 0) is 0 Å². The van der Waals surface area contributed by atoms with Crippen LogP contribution in [0, 0.1) is 11.8 Å². The second kappa shape index (κ2) is 7.19. The third-order valence-corrected chi connectivity index (χ3v) is 9.59. The third-order valence-electron chi connectivity index (χ3n) is 9.59. The highest BCUT2D eigenvalue weighted by atomic mass is 15.1. The molecule has 0 N–H and O–H groups in total. The Labute approximate surface area is 215 Å². The molecule has 10 rings (SSSR count). The van der Waals surface area contributed by atoms with E-state index in [4.69, 9.17) is 20.2 Å². The zero-order valence-electron chi connectivity index (χ0n) is 20.2. The quantitative estimate of drug-likeness (QED) is 0.284. The van der Waals surface area contributed by atoms with Crippen LogP contribution in [0.5, 0.6) is 0 Å². The molecule has 0 saturated heterocycles. The SMILES string of the molecule is c1ccc(-c2nnc(-c3ccccn3)c3c2[C@H]2C[C@@H]3[C@@H]3C4c5ccccc5C(c5ccccc54)[C@@H]32)nc1. The molecule has 4 bridgehead atoms. The molecule has 0 unspecified atom stereocenters. The van der Waals surface area contributed by atoms with Crippen molar-refractivity contribution in [3.8, 4) is 22.8 Å². The predicted molar refractivity (Wildman–Crippen MR) is 142 cm³/mol. The third kappa shape index (κ3) is 2.48. The smallest absolute Gasteiger partial charge is 0.115 e. The van der Waals surface area contributed by atoms with Crippen molar-refractivity contribution in [2.24, 2.45) is 11.8 Å². The lowest BCUT2D eigenvalue weighted by Gasteiger charge is -2.53. The Morgan fingerprint density at radius 1 is 0.486 bits per heavy atom. The lowest BCUT2D eigenvalue weighted by Crippen LogP contribution is -2.42. The van der Waals surface area contributed by atoms with Crippen LogP contribution in [0.4, 0.5) is 0 Å². The molecular formula is C33H24N4. The monoisotopic (exact) mass is 476 g/mol. The van der Waals surface area contributed by atoms with Crippen LogP contribution in [0.15, 0.2) is 97.3 Å². The molecule has 0 radical (unpaired) electrons. The van der Waals surface area contributed by atoms with Gasteiger partial charge in [-0.15, -0.1) is 10.2 Å². The van der Waals surface area contributed by atoms with Crippen molar-refractivity contribution < 1.29 is 0 Å². The van der Waals surface area contributed by atoms with Gasteiger partial charge in [0.05, 0.1) is 11.4 Å². The largest absolute Gasteiger partial charge is 0.255 e. The van der Waals surface area contributed by atoms with E-state index < -0.39 is 0 Å². The summed E-state index contributed by atoms with van der Waals surface area (Å²) >= 11 is 0. The van der Waals surface area contributed by atoms with E-state index in [0.717, 1.165) is 29.2 Å². The fourth-order valence-electron chi connectivity index (χ4n) is 8.57. The van der Waals surface area contributed by atoms with Crippen molar-refractivity contribution in [2.45, 2.75) is 30.1 Å². The second-order valence-corrected chi connectivity index (χ2v) is 11.0. The Hall–Kier alpha value is -4.18. The molecule has 1 saturated carbocycles. The van der Waals surface area contributed by atoms with E-state index in [1.54, 1.807) is 0 Å². The topological polar surface area (TPSA) is 51.6 Å². The molecule has 1 fully saturated rings. The normalized spacial score (nSPS) is 27.4. The molecule has 5 aliphatic carbocycles. The van der Waals surface area contributed by atoms with Crippen molar-refractivity contribution >= 4 is 0 Å². The molecule has 5 aliphatic rings.